The fourth-order valence-corrected chi connectivity index (χ4v) is 2.06. The van der Waals surface area contributed by atoms with Gasteiger partial charge in [0.25, 0.3) is 0 Å². The predicted molar refractivity (Wildman–Crippen MR) is 63.8 cm³/mol. The van der Waals surface area contributed by atoms with Crippen molar-refractivity contribution < 1.29 is 9.66 Å². The lowest BCUT2D eigenvalue weighted by Gasteiger charge is -2.02. The third kappa shape index (κ3) is 4.69. The molecule has 1 aromatic rings. The van der Waals surface area contributed by atoms with Crippen LogP contribution in [0, 0.1) is 10.1 Å². The molecule has 1 N–H and O–H groups in total. The van der Waals surface area contributed by atoms with Crippen molar-refractivity contribution in [3.8, 4) is 0 Å². The maximum Gasteiger partial charge on any atom is 0.324 e. The lowest BCUT2D eigenvalue weighted by molar-refractivity contribution is -0.380. The zero-order valence-corrected chi connectivity index (χ0v) is 10.1. The third-order valence-corrected chi connectivity index (χ3v) is 3.12. The van der Waals surface area contributed by atoms with Crippen LogP contribution in [0.1, 0.15) is 17.7 Å². The second-order valence-electron chi connectivity index (χ2n) is 3.37. The minimum atomic E-state index is -0.354. The summed E-state index contributed by atoms with van der Waals surface area (Å²) in [5.41, 5.74) is 0. The highest BCUT2D eigenvalue weighted by Gasteiger charge is 2.08. The molecule has 0 aliphatic rings. The topological polar surface area (TPSA) is 64.4 Å². The van der Waals surface area contributed by atoms with Crippen LogP contribution in [-0.2, 0) is 11.3 Å². The number of hydrogen-bond donors (Lipinski definition) is 1. The predicted octanol–water partition coefficient (Wildman–Crippen LogP) is 2.17. The molecule has 6 heteroatoms. The average molecular weight is 244 g/mol. The fraction of sp³-hybridized carbons (Fsp3) is 0.600. The monoisotopic (exact) mass is 244 g/mol. The second kappa shape index (κ2) is 7.32. The molecule has 0 saturated heterocycles. The zero-order valence-electron chi connectivity index (χ0n) is 9.27. The summed E-state index contributed by atoms with van der Waals surface area (Å²) in [6, 6.07) is 3.34. The molecular formula is C10H16N2O3S. The minimum absolute atomic E-state index is 0.205. The van der Waals surface area contributed by atoms with Crippen molar-refractivity contribution in [2.24, 2.45) is 0 Å². The van der Waals surface area contributed by atoms with E-state index in [1.54, 1.807) is 19.2 Å². The van der Waals surface area contributed by atoms with E-state index >= 15 is 0 Å². The first-order chi connectivity index (χ1) is 7.74. The number of thiophene rings is 1. The maximum absolute atomic E-state index is 10.4. The lowest BCUT2D eigenvalue weighted by Crippen LogP contribution is -2.14. The highest BCUT2D eigenvalue weighted by molar-refractivity contribution is 7.15. The van der Waals surface area contributed by atoms with E-state index in [2.05, 4.69) is 5.32 Å². The number of unbranched alkanes of at least 4 members (excludes halogenated alkanes) is 1. The molecule has 1 rings (SSSR count). The van der Waals surface area contributed by atoms with Crippen molar-refractivity contribution in [1.82, 2.24) is 5.32 Å². The molecule has 5 nitrogen and oxygen atoms in total. The molecule has 0 aliphatic heterocycles. The van der Waals surface area contributed by atoms with Gasteiger partial charge in [0.05, 0.1) is 4.92 Å². The molecule has 0 unspecified atom stereocenters. The zero-order chi connectivity index (χ0) is 11.8. The van der Waals surface area contributed by atoms with Gasteiger partial charge in [-0.15, -0.1) is 0 Å². The van der Waals surface area contributed by atoms with E-state index in [1.807, 2.05) is 0 Å². The van der Waals surface area contributed by atoms with Crippen LogP contribution < -0.4 is 5.32 Å². The van der Waals surface area contributed by atoms with E-state index in [9.17, 15) is 10.1 Å². The third-order valence-electron chi connectivity index (χ3n) is 2.08. The van der Waals surface area contributed by atoms with Crippen LogP contribution in [0.25, 0.3) is 0 Å². The summed E-state index contributed by atoms with van der Waals surface area (Å²) < 4.78 is 4.94. The van der Waals surface area contributed by atoms with Gasteiger partial charge in [-0.1, -0.05) is 11.3 Å². The molecule has 16 heavy (non-hydrogen) atoms. The Balaban J connectivity index is 2.14. The Hall–Kier alpha value is -0.980. The smallest absolute Gasteiger partial charge is 0.324 e. The van der Waals surface area contributed by atoms with E-state index in [4.69, 9.17) is 4.74 Å². The largest absolute Gasteiger partial charge is 0.385 e. The molecule has 1 aromatic heterocycles. The molecule has 0 fully saturated rings. The molecule has 0 saturated carbocycles. The fourth-order valence-electron chi connectivity index (χ4n) is 1.27. The van der Waals surface area contributed by atoms with Crippen molar-refractivity contribution in [2.75, 3.05) is 20.3 Å². The molecule has 0 spiro atoms. The molecule has 0 aliphatic carbocycles. The summed E-state index contributed by atoms with van der Waals surface area (Å²) in [6.07, 6.45) is 2.09. The van der Waals surface area contributed by atoms with Gasteiger partial charge in [0.15, 0.2) is 0 Å². The highest BCUT2D eigenvalue weighted by Crippen LogP contribution is 2.23. The lowest BCUT2D eigenvalue weighted by atomic mass is 10.3. The number of nitrogens with one attached hydrogen (secondary N) is 1. The second-order valence-corrected chi connectivity index (χ2v) is 4.52. The van der Waals surface area contributed by atoms with Crippen LogP contribution in [0.2, 0.25) is 0 Å². The minimum Gasteiger partial charge on any atom is -0.385 e. The first kappa shape index (κ1) is 13.1. The number of rotatable bonds is 8. The van der Waals surface area contributed by atoms with E-state index in [1.165, 1.54) is 11.3 Å². The molecule has 0 amide bonds. The van der Waals surface area contributed by atoms with Crippen molar-refractivity contribution in [3.63, 3.8) is 0 Å². The van der Waals surface area contributed by atoms with Gasteiger partial charge < -0.3 is 10.1 Å². The van der Waals surface area contributed by atoms with E-state index in [0.29, 0.717) is 6.54 Å². The van der Waals surface area contributed by atoms with Gasteiger partial charge in [-0.2, -0.15) is 0 Å². The van der Waals surface area contributed by atoms with Gasteiger partial charge in [-0.3, -0.25) is 10.1 Å². The number of methoxy groups -OCH3 is 1. The first-order valence-corrected chi connectivity index (χ1v) is 5.98. The Morgan fingerprint density at radius 2 is 2.31 bits per heavy atom. The summed E-state index contributed by atoms with van der Waals surface area (Å²) in [6.45, 7) is 2.40. The Labute approximate surface area is 98.6 Å². The summed E-state index contributed by atoms with van der Waals surface area (Å²) in [7, 11) is 1.69. The molecular weight excluding hydrogens is 228 g/mol. The van der Waals surface area contributed by atoms with Crippen LogP contribution in [0.5, 0.6) is 0 Å². The Kier molecular flexibility index (Phi) is 5.99. The van der Waals surface area contributed by atoms with Crippen molar-refractivity contribution >= 4 is 16.3 Å². The normalized spacial score (nSPS) is 10.6. The Bertz CT molecular complexity index is 328. The summed E-state index contributed by atoms with van der Waals surface area (Å²) in [5.74, 6) is 0. The maximum atomic E-state index is 10.4. The van der Waals surface area contributed by atoms with E-state index < -0.39 is 0 Å². The SMILES string of the molecule is COCCCCNCc1ccc([N+](=O)[O-])s1. The van der Waals surface area contributed by atoms with Gasteiger partial charge in [-0.25, -0.2) is 0 Å². The highest BCUT2D eigenvalue weighted by atomic mass is 32.1. The standard InChI is InChI=1S/C10H16N2O3S/c1-15-7-3-2-6-11-8-9-4-5-10(16-9)12(13)14/h4-5,11H,2-3,6-8H2,1H3. The van der Waals surface area contributed by atoms with Gasteiger partial charge in [0, 0.05) is 31.2 Å². The van der Waals surface area contributed by atoms with Crippen LogP contribution in [-0.4, -0.2) is 25.2 Å². The van der Waals surface area contributed by atoms with Gasteiger partial charge >= 0.3 is 5.00 Å². The Morgan fingerprint density at radius 3 is 2.94 bits per heavy atom. The first-order valence-electron chi connectivity index (χ1n) is 5.17. The number of nitro groups is 1. The quantitative estimate of drug-likeness (QED) is 0.432. The van der Waals surface area contributed by atoms with Crippen molar-refractivity contribution in [1.29, 1.82) is 0 Å². The van der Waals surface area contributed by atoms with Crippen molar-refractivity contribution in [2.45, 2.75) is 19.4 Å². The molecule has 90 valence electrons. The number of hydrogen-bond acceptors (Lipinski definition) is 5. The van der Waals surface area contributed by atoms with Crippen LogP contribution in [0.4, 0.5) is 5.00 Å². The number of nitrogens with zero attached hydrogens (tertiary/aromatic N) is 1. The molecule has 0 atom stereocenters. The Morgan fingerprint density at radius 1 is 1.50 bits per heavy atom. The summed E-state index contributed by atoms with van der Waals surface area (Å²) in [4.78, 5) is 11.1. The van der Waals surface area contributed by atoms with Gasteiger partial charge in [0.1, 0.15) is 0 Å². The van der Waals surface area contributed by atoms with Gasteiger partial charge in [-0.05, 0) is 25.5 Å². The van der Waals surface area contributed by atoms with Crippen LogP contribution in [0.3, 0.4) is 0 Å². The van der Waals surface area contributed by atoms with Gasteiger partial charge in [0.2, 0.25) is 0 Å². The molecule has 0 bridgehead atoms. The summed E-state index contributed by atoms with van der Waals surface area (Å²) in [5, 5.41) is 13.9. The van der Waals surface area contributed by atoms with E-state index in [-0.39, 0.29) is 9.92 Å². The van der Waals surface area contributed by atoms with Crippen LogP contribution >= 0.6 is 11.3 Å². The van der Waals surface area contributed by atoms with Crippen molar-refractivity contribution in [3.05, 3.63) is 27.1 Å². The summed E-state index contributed by atoms with van der Waals surface area (Å²) >= 11 is 1.22. The molecule has 1 heterocycles. The number of ether oxygens (including phenoxy) is 1. The van der Waals surface area contributed by atoms with Crippen LogP contribution in [0.15, 0.2) is 12.1 Å². The average Bonchev–Trinajstić information content (AvgIpc) is 2.72. The molecule has 0 aromatic carbocycles. The molecule has 0 radical (unpaired) electrons. The van der Waals surface area contributed by atoms with E-state index in [0.717, 1.165) is 30.9 Å².